The topological polar surface area (TPSA) is 56.1 Å². The predicted octanol–water partition coefficient (Wildman–Crippen LogP) is 3.98. The summed E-state index contributed by atoms with van der Waals surface area (Å²) in [6.07, 6.45) is 0. The molecule has 1 heterocycles. The lowest BCUT2D eigenvalue weighted by Gasteiger charge is -2.24. The predicted molar refractivity (Wildman–Crippen MR) is 88.5 cm³/mol. The van der Waals surface area contributed by atoms with Gasteiger partial charge in [0.25, 0.3) is 0 Å². The zero-order valence-corrected chi connectivity index (χ0v) is 13.0. The van der Waals surface area contributed by atoms with Gasteiger partial charge in [-0.15, -0.1) is 11.8 Å². The summed E-state index contributed by atoms with van der Waals surface area (Å²) >= 11 is 1.65. The summed E-state index contributed by atoms with van der Waals surface area (Å²) in [4.78, 5) is 14.2. The molecule has 0 aromatic heterocycles. The van der Waals surface area contributed by atoms with Crippen LogP contribution in [0.25, 0.3) is 0 Å². The molecule has 0 radical (unpaired) electrons. The molecule has 6 heteroatoms. The number of urea groups is 1. The van der Waals surface area contributed by atoms with Crippen LogP contribution in [0.3, 0.4) is 0 Å². The fraction of sp³-hybridized carbons (Fsp3) is 0.176. The Hall–Kier alpha value is -2.52. The van der Waals surface area contributed by atoms with Gasteiger partial charge in [0.2, 0.25) is 0 Å². The fourth-order valence-corrected chi connectivity index (χ4v) is 3.66. The molecule has 1 aliphatic rings. The molecule has 1 N–H and O–H groups in total. The zero-order valence-electron chi connectivity index (χ0n) is 12.2. The van der Waals surface area contributed by atoms with E-state index in [-0.39, 0.29) is 17.2 Å². The number of hydrogen-bond donors (Lipinski definition) is 1. The van der Waals surface area contributed by atoms with Gasteiger partial charge in [0.05, 0.1) is 11.6 Å². The Bertz CT molecular complexity index is 740. The molecule has 0 saturated carbocycles. The van der Waals surface area contributed by atoms with E-state index in [0.29, 0.717) is 17.8 Å². The standard InChI is InChI=1S/C17H14FN3OS/c18-14-5-3-13(4-6-14)16-21(9-10-23-16)17(22)20-15-7-1-12(11-19)2-8-15/h1-8,16H,9-10H2,(H,20,22). The van der Waals surface area contributed by atoms with Gasteiger partial charge in [-0.25, -0.2) is 9.18 Å². The first-order valence-electron chi connectivity index (χ1n) is 7.12. The van der Waals surface area contributed by atoms with Crippen molar-refractivity contribution < 1.29 is 9.18 Å². The van der Waals surface area contributed by atoms with Crippen molar-refractivity contribution in [1.82, 2.24) is 4.90 Å². The molecule has 0 aliphatic carbocycles. The number of nitrogens with zero attached hydrogens (tertiary/aromatic N) is 2. The minimum Gasteiger partial charge on any atom is -0.308 e. The third kappa shape index (κ3) is 3.46. The van der Waals surface area contributed by atoms with Crippen LogP contribution >= 0.6 is 11.8 Å². The van der Waals surface area contributed by atoms with Crippen molar-refractivity contribution in [2.45, 2.75) is 5.37 Å². The summed E-state index contributed by atoms with van der Waals surface area (Å²) < 4.78 is 13.1. The van der Waals surface area contributed by atoms with Gasteiger partial charge < -0.3 is 10.2 Å². The van der Waals surface area contributed by atoms with Crippen molar-refractivity contribution in [2.75, 3.05) is 17.6 Å². The number of amides is 2. The maximum Gasteiger partial charge on any atom is 0.323 e. The fourth-order valence-electron chi connectivity index (χ4n) is 2.40. The molecule has 116 valence electrons. The molecule has 4 nitrogen and oxygen atoms in total. The Kier molecular flexibility index (Phi) is 4.49. The number of nitriles is 1. The Morgan fingerprint density at radius 1 is 1.22 bits per heavy atom. The van der Waals surface area contributed by atoms with Crippen molar-refractivity contribution in [3.63, 3.8) is 0 Å². The number of hydrogen-bond acceptors (Lipinski definition) is 3. The first-order valence-corrected chi connectivity index (χ1v) is 8.17. The Labute approximate surface area is 137 Å². The molecule has 2 aromatic rings. The summed E-state index contributed by atoms with van der Waals surface area (Å²) in [7, 11) is 0. The number of halogens is 1. The van der Waals surface area contributed by atoms with Crippen LogP contribution in [0.5, 0.6) is 0 Å². The van der Waals surface area contributed by atoms with Gasteiger partial charge in [-0.2, -0.15) is 5.26 Å². The Balaban J connectivity index is 1.72. The van der Waals surface area contributed by atoms with E-state index < -0.39 is 0 Å². The van der Waals surface area contributed by atoms with Gasteiger partial charge in [-0.3, -0.25) is 0 Å². The van der Waals surface area contributed by atoms with Crippen molar-refractivity contribution in [2.24, 2.45) is 0 Å². The lowest BCUT2D eigenvalue weighted by Crippen LogP contribution is -2.34. The third-order valence-electron chi connectivity index (χ3n) is 3.57. The summed E-state index contributed by atoms with van der Waals surface area (Å²) in [6, 6.07) is 14.8. The molecule has 1 unspecified atom stereocenters. The number of rotatable bonds is 2. The van der Waals surface area contributed by atoms with E-state index in [9.17, 15) is 9.18 Å². The number of thioether (sulfide) groups is 1. The molecule has 1 saturated heterocycles. The summed E-state index contributed by atoms with van der Waals surface area (Å²) in [5.74, 6) is 0.549. The minimum absolute atomic E-state index is 0.117. The normalized spacial score (nSPS) is 16.9. The van der Waals surface area contributed by atoms with Crippen molar-refractivity contribution in [3.8, 4) is 6.07 Å². The minimum atomic E-state index is -0.287. The van der Waals surface area contributed by atoms with Gasteiger partial charge in [-0.1, -0.05) is 12.1 Å². The highest BCUT2D eigenvalue weighted by atomic mass is 32.2. The van der Waals surface area contributed by atoms with E-state index in [4.69, 9.17) is 5.26 Å². The summed E-state index contributed by atoms with van der Waals surface area (Å²) in [5, 5.41) is 11.5. The Morgan fingerprint density at radius 2 is 1.91 bits per heavy atom. The number of nitrogens with one attached hydrogen (secondary N) is 1. The molecule has 0 spiro atoms. The average molecular weight is 327 g/mol. The lowest BCUT2D eigenvalue weighted by molar-refractivity contribution is 0.214. The van der Waals surface area contributed by atoms with E-state index in [0.717, 1.165) is 11.3 Å². The molecule has 2 amide bonds. The van der Waals surface area contributed by atoms with Crippen LogP contribution in [0.1, 0.15) is 16.5 Å². The third-order valence-corrected chi connectivity index (χ3v) is 4.83. The first kappa shape index (κ1) is 15.4. The second kappa shape index (κ2) is 6.71. The van der Waals surface area contributed by atoms with Gasteiger partial charge in [0.15, 0.2) is 0 Å². The molecule has 2 aromatic carbocycles. The first-order chi connectivity index (χ1) is 11.2. The maximum atomic E-state index is 13.1. The molecule has 1 atom stereocenters. The number of carbonyl (C=O) groups excluding carboxylic acids is 1. The summed E-state index contributed by atoms with van der Waals surface area (Å²) in [6.45, 7) is 0.634. The second-order valence-corrected chi connectivity index (χ2v) is 6.28. The lowest BCUT2D eigenvalue weighted by atomic mass is 10.2. The van der Waals surface area contributed by atoms with E-state index in [1.54, 1.807) is 53.1 Å². The maximum absolute atomic E-state index is 13.1. The van der Waals surface area contributed by atoms with Gasteiger partial charge in [0, 0.05) is 18.0 Å². The quantitative estimate of drug-likeness (QED) is 0.908. The Morgan fingerprint density at radius 3 is 2.57 bits per heavy atom. The van der Waals surface area contributed by atoms with Gasteiger partial charge in [-0.05, 0) is 42.0 Å². The van der Waals surface area contributed by atoms with Crippen LogP contribution in [-0.2, 0) is 0 Å². The SMILES string of the molecule is N#Cc1ccc(NC(=O)N2CCSC2c2ccc(F)cc2)cc1. The zero-order chi connectivity index (χ0) is 16.2. The molecule has 3 rings (SSSR count). The van der Waals surface area contributed by atoms with Gasteiger partial charge >= 0.3 is 6.03 Å². The average Bonchev–Trinajstić information content (AvgIpc) is 3.06. The highest BCUT2D eigenvalue weighted by Crippen LogP contribution is 2.38. The van der Waals surface area contributed by atoms with E-state index in [2.05, 4.69) is 5.32 Å². The van der Waals surface area contributed by atoms with Crippen LogP contribution in [0.2, 0.25) is 0 Å². The second-order valence-electron chi connectivity index (χ2n) is 5.09. The number of anilines is 1. The molecule has 1 aliphatic heterocycles. The van der Waals surface area contributed by atoms with Crippen LogP contribution in [0.15, 0.2) is 48.5 Å². The van der Waals surface area contributed by atoms with Crippen LogP contribution in [-0.4, -0.2) is 23.2 Å². The van der Waals surface area contributed by atoms with Crippen molar-refractivity contribution in [3.05, 3.63) is 65.5 Å². The van der Waals surface area contributed by atoms with Crippen LogP contribution in [0, 0.1) is 17.1 Å². The molecule has 1 fully saturated rings. The molecular formula is C17H14FN3OS. The van der Waals surface area contributed by atoms with E-state index >= 15 is 0 Å². The molecule has 0 bridgehead atoms. The van der Waals surface area contributed by atoms with Crippen molar-refractivity contribution in [1.29, 1.82) is 5.26 Å². The van der Waals surface area contributed by atoms with E-state index in [1.165, 1.54) is 12.1 Å². The van der Waals surface area contributed by atoms with E-state index in [1.807, 2.05) is 6.07 Å². The highest BCUT2D eigenvalue weighted by molar-refractivity contribution is 7.99. The number of benzene rings is 2. The molecular weight excluding hydrogens is 313 g/mol. The van der Waals surface area contributed by atoms with Gasteiger partial charge in [0.1, 0.15) is 11.2 Å². The van der Waals surface area contributed by atoms with Crippen molar-refractivity contribution >= 4 is 23.5 Å². The van der Waals surface area contributed by atoms with Crippen LogP contribution in [0.4, 0.5) is 14.9 Å². The summed E-state index contributed by atoms with van der Waals surface area (Å²) in [5.41, 5.74) is 2.09. The highest BCUT2D eigenvalue weighted by Gasteiger charge is 2.30. The smallest absolute Gasteiger partial charge is 0.308 e. The van der Waals surface area contributed by atoms with Crippen LogP contribution < -0.4 is 5.32 Å². The molecule has 23 heavy (non-hydrogen) atoms. The largest absolute Gasteiger partial charge is 0.323 e. The number of carbonyl (C=O) groups is 1. The monoisotopic (exact) mass is 327 g/mol.